The Morgan fingerprint density at radius 3 is 2.86 bits per heavy atom. The summed E-state index contributed by atoms with van der Waals surface area (Å²) in [7, 11) is 0. The van der Waals surface area contributed by atoms with Crippen molar-refractivity contribution in [2.45, 2.75) is 19.8 Å². The van der Waals surface area contributed by atoms with Crippen LogP contribution in [0.4, 0.5) is 15.8 Å². The lowest BCUT2D eigenvalue weighted by Crippen LogP contribution is -2.11. The number of nitrogen functional groups attached to an aromatic ring is 1. The standard InChI is InChI=1S/C10H13FN2O/c1-2-3-10(14)13-9-5-4-7(12)6-8(9)11/h4-6H,2-3,12H2,1H3,(H,13,14). The van der Waals surface area contributed by atoms with Gasteiger partial charge in [-0.1, -0.05) is 6.92 Å². The van der Waals surface area contributed by atoms with E-state index in [1.807, 2.05) is 6.92 Å². The van der Waals surface area contributed by atoms with E-state index in [9.17, 15) is 9.18 Å². The summed E-state index contributed by atoms with van der Waals surface area (Å²) < 4.78 is 13.2. The minimum atomic E-state index is -0.505. The van der Waals surface area contributed by atoms with E-state index in [2.05, 4.69) is 5.32 Å². The van der Waals surface area contributed by atoms with Crippen LogP contribution in [0, 0.1) is 5.82 Å². The topological polar surface area (TPSA) is 55.1 Å². The van der Waals surface area contributed by atoms with Crippen molar-refractivity contribution in [3.63, 3.8) is 0 Å². The molecule has 0 atom stereocenters. The van der Waals surface area contributed by atoms with Gasteiger partial charge in [0.05, 0.1) is 5.69 Å². The normalized spacial score (nSPS) is 9.86. The molecule has 0 saturated carbocycles. The molecule has 0 radical (unpaired) electrons. The van der Waals surface area contributed by atoms with Crippen LogP contribution in [0.1, 0.15) is 19.8 Å². The highest BCUT2D eigenvalue weighted by Gasteiger charge is 2.05. The number of rotatable bonds is 3. The molecule has 0 bridgehead atoms. The maximum Gasteiger partial charge on any atom is 0.224 e. The van der Waals surface area contributed by atoms with E-state index in [-0.39, 0.29) is 11.6 Å². The van der Waals surface area contributed by atoms with Gasteiger partial charge in [-0.05, 0) is 24.6 Å². The predicted octanol–water partition coefficient (Wildman–Crippen LogP) is 2.15. The molecular formula is C10H13FN2O. The molecule has 0 saturated heterocycles. The molecule has 76 valence electrons. The average Bonchev–Trinajstić information content (AvgIpc) is 2.10. The fourth-order valence-corrected chi connectivity index (χ4v) is 1.07. The van der Waals surface area contributed by atoms with E-state index >= 15 is 0 Å². The van der Waals surface area contributed by atoms with Crippen molar-refractivity contribution in [3.8, 4) is 0 Å². The molecule has 3 N–H and O–H groups in total. The molecule has 0 heterocycles. The minimum Gasteiger partial charge on any atom is -0.399 e. The molecule has 1 aromatic rings. The summed E-state index contributed by atoms with van der Waals surface area (Å²) in [6, 6.07) is 4.18. The fraction of sp³-hybridized carbons (Fsp3) is 0.300. The highest BCUT2D eigenvalue weighted by atomic mass is 19.1. The number of carbonyl (C=O) groups is 1. The third kappa shape index (κ3) is 2.73. The van der Waals surface area contributed by atoms with Crippen molar-refractivity contribution >= 4 is 17.3 Å². The molecule has 0 aliphatic carbocycles. The van der Waals surface area contributed by atoms with Gasteiger partial charge in [-0.15, -0.1) is 0 Å². The van der Waals surface area contributed by atoms with Crippen LogP contribution in [0.15, 0.2) is 18.2 Å². The summed E-state index contributed by atoms with van der Waals surface area (Å²) in [5.74, 6) is -0.689. The zero-order valence-electron chi connectivity index (χ0n) is 8.01. The Morgan fingerprint density at radius 2 is 2.29 bits per heavy atom. The lowest BCUT2D eigenvalue weighted by Gasteiger charge is -2.05. The molecule has 14 heavy (non-hydrogen) atoms. The molecule has 0 aliphatic heterocycles. The first-order valence-corrected chi connectivity index (χ1v) is 4.48. The lowest BCUT2D eigenvalue weighted by molar-refractivity contribution is -0.116. The first kappa shape index (κ1) is 10.5. The second kappa shape index (κ2) is 4.60. The van der Waals surface area contributed by atoms with Crippen LogP contribution in [0.5, 0.6) is 0 Å². The van der Waals surface area contributed by atoms with E-state index in [4.69, 9.17) is 5.73 Å². The summed E-state index contributed by atoms with van der Waals surface area (Å²) in [4.78, 5) is 11.1. The molecule has 0 spiro atoms. The number of halogens is 1. The van der Waals surface area contributed by atoms with Crippen LogP contribution < -0.4 is 11.1 Å². The summed E-state index contributed by atoms with van der Waals surface area (Å²) in [5, 5.41) is 2.47. The van der Waals surface area contributed by atoms with Gasteiger partial charge in [0.15, 0.2) is 0 Å². The quantitative estimate of drug-likeness (QED) is 0.728. The van der Waals surface area contributed by atoms with Crippen molar-refractivity contribution in [2.75, 3.05) is 11.1 Å². The van der Waals surface area contributed by atoms with Gasteiger partial charge in [-0.2, -0.15) is 0 Å². The highest BCUT2D eigenvalue weighted by Crippen LogP contribution is 2.16. The highest BCUT2D eigenvalue weighted by molar-refractivity contribution is 5.90. The fourth-order valence-electron chi connectivity index (χ4n) is 1.07. The molecule has 0 fully saturated rings. The van der Waals surface area contributed by atoms with Gasteiger partial charge in [-0.25, -0.2) is 4.39 Å². The van der Waals surface area contributed by atoms with Crippen molar-refractivity contribution in [3.05, 3.63) is 24.0 Å². The molecule has 0 unspecified atom stereocenters. The monoisotopic (exact) mass is 196 g/mol. The number of benzene rings is 1. The van der Waals surface area contributed by atoms with Gasteiger partial charge in [0.25, 0.3) is 0 Å². The van der Waals surface area contributed by atoms with Crippen molar-refractivity contribution in [2.24, 2.45) is 0 Å². The molecule has 1 aromatic carbocycles. The number of hydrogen-bond donors (Lipinski definition) is 2. The number of nitrogens with one attached hydrogen (secondary N) is 1. The first-order valence-electron chi connectivity index (χ1n) is 4.48. The van der Waals surface area contributed by atoms with Crippen molar-refractivity contribution in [1.29, 1.82) is 0 Å². The average molecular weight is 196 g/mol. The van der Waals surface area contributed by atoms with Crippen molar-refractivity contribution < 1.29 is 9.18 Å². The Kier molecular flexibility index (Phi) is 3.45. The van der Waals surface area contributed by atoms with Gasteiger partial charge in [-0.3, -0.25) is 4.79 Å². The van der Waals surface area contributed by atoms with Crippen molar-refractivity contribution in [1.82, 2.24) is 0 Å². The third-order valence-electron chi connectivity index (χ3n) is 1.74. The zero-order valence-corrected chi connectivity index (χ0v) is 8.01. The molecule has 4 heteroatoms. The van der Waals surface area contributed by atoms with E-state index < -0.39 is 5.82 Å². The molecule has 0 aromatic heterocycles. The van der Waals surface area contributed by atoms with Crippen LogP contribution in [-0.2, 0) is 4.79 Å². The van der Waals surface area contributed by atoms with Gasteiger partial charge >= 0.3 is 0 Å². The van der Waals surface area contributed by atoms with Crippen LogP contribution in [0.25, 0.3) is 0 Å². The van der Waals surface area contributed by atoms with Crippen LogP contribution in [0.2, 0.25) is 0 Å². The third-order valence-corrected chi connectivity index (χ3v) is 1.74. The van der Waals surface area contributed by atoms with Gasteiger partial charge in [0.1, 0.15) is 5.82 Å². The number of carbonyl (C=O) groups excluding carboxylic acids is 1. The van der Waals surface area contributed by atoms with E-state index in [1.54, 1.807) is 6.07 Å². The Bertz CT molecular complexity index is 339. The molecule has 1 rings (SSSR count). The number of amides is 1. The lowest BCUT2D eigenvalue weighted by atomic mass is 10.2. The summed E-state index contributed by atoms with van der Waals surface area (Å²) >= 11 is 0. The number of anilines is 2. The van der Waals surface area contributed by atoms with Crippen LogP contribution in [0.3, 0.4) is 0 Å². The van der Waals surface area contributed by atoms with Crippen LogP contribution >= 0.6 is 0 Å². The zero-order chi connectivity index (χ0) is 10.6. The van der Waals surface area contributed by atoms with Gasteiger partial charge in [0.2, 0.25) is 5.91 Å². The largest absolute Gasteiger partial charge is 0.399 e. The second-order valence-corrected chi connectivity index (χ2v) is 3.04. The van der Waals surface area contributed by atoms with Crippen LogP contribution in [-0.4, -0.2) is 5.91 Å². The Labute approximate surface area is 82.1 Å². The molecular weight excluding hydrogens is 183 g/mol. The van der Waals surface area contributed by atoms with E-state index in [0.717, 1.165) is 6.42 Å². The number of nitrogens with two attached hydrogens (primary N) is 1. The van der Waals surface area contributed by atoms with Gasteiger partial charge < -0.3 is 11.1 Å². The molecule has 1 amide bonds. The second-order valence-electron chi connectivity index (χ2n) is 3.04. The van der Waals surface area contributed by atoms with E-state index in [0.29, 0.717) is 12.1 Å². The maximum atomic E-state index is 13.2. The SMILES string of the molecule is CCCC(=O)Nc1ccc(N)cc1F. The molecule has 3 nitrogen and oxygen atoms in total. The Morgan fingerprint density at radius 1 is 1.57 bits per heavy atom. The predicted molar refractivity (Wildman–Crippen MR) is 54.4 cm³/mol. The smallest absolute Gasteiger partial charge is 0.224 e. The maximum absolute atomic E-state index is 13.2. The Balaban J connectivity index is 2.72. The van der Waals surface area contributed by atoms with E-state index in [1.165, 1.54) is 12.1 Å². The summed E-state index contributed by atoms with van der Waals surface area (Å²) in [5.41, 5.74) is 5.89. The Hall–Kier alpha value is -1.58. The summed E-state index contributed by atoms with van der Waals surface area (Å²) in [6.07, 6.45) is 1.13. The minimum absolute atomic E-state index is 0.178. The molecule has 0 aliphatic rings. The van der Waals surface area contributed by atoms with Gasteiger partial charge in [0, 0.05) is 12.1 Å². The first-order chi connectivity index (χ1) is 6.63. The number of hydrogen-bond acceptors (Lipinski definition) is 2. The summed E-state index contributed by atoms with van der Waals surface area (Å²) in [6.45, 7) is 1.89.